The number of nitrogens with one attached hydrogen (secondary N) is 1. The van der Waals surface area contributed by atoms with Gasteiger partial charge in [0.15, 0.2) is 23.0 Å². The van der Waals surface area contributed by atoms with Crippen molar-refractivity contribution in [2.24, 2.45) is 0 Å². The van der Waals surface area contributed by atoms with Crippen LogP contribution in [0.3, 0.4) is 0 Å². The minimum atomic E-state index is -0.817. The van der Waals surface area contributed by atoms with Gasteiger partial charge in [-0.3, -0.25) is 4.79 Å². The zero-order valence-electron chi connectivity index (χ0n) is 16.6. The van der Waals surface area contributed by atoms with E-state index in [4.69, 9.17) is 23.7 Å². The van der Waals surface area contributed by atoms with Crippen molar-refractivity contribution in [1.29, 1.82) is 0 Å². The van der Waals surface area contributed by atoms with Crippen LogP contribution < -0.4 is 29.0 Å². The molecule has 0 bridgehead atoms. The van der Waals surface area contributed by atoms with E-state index < -0.39 is 12.2 Å². The maximum Gasteiger partial charge on any atom is 0.270 e. The largest absolute Gasteiger partial charge is 0.482 e. The zero-order chi connectivity index (χ0) is 21.2. The van der Waals surface area contributed by atoms with Gasteiger partial charge in [0.2, 0.25) is 18.8 Å². The molecule has 0 spiro atoms. The van der Waals surface area contributed by atoms with E-state index in [-0.39, 0.29) is 19.3 Å². The Bertz CT molecular complexity index is 1120. The lowest BCUT2D eigenvalue weighted by Crippen LogP contribution is -2.46. The number of para-hydroxylation sites is 2. The number of amides is 1. The monoisotopic (exact) mass is 421 g/mol. The van der Waals surface area contributed by atoms with Gasteiger partial charge in [-0.25, -0.2) is 9.97 Å². The Morgan fingerprint density at radius 1 is 1.03 bits per heavy atom. The Morgan fingerprint density at radius 3 is 2.71 bits per heavy atom. The number of rotatable bonds is 5. The molecule has 2 aromatic carbocycles. The van der Waals surface area contributed by atoms with Crippen molar-refractivity contribution >= 4 is 11.7 Å². The molecule has 9 nitrogen and oxygen atoms in total. The van der Waals surface area contributed by atoms with Crippen LogP contribution in [0.2, 0.25) is 0 Å². The highest BCUT2D eigenvalue weighted by molar-refractivity contribution is 5.94. The topological polar surface area (TPSA) is 101 Å². The predicted molar refractivity (Wildman–Crippen MR) is 109 cm³/mol. The first-order valence-electron chi connectivity index (χ1n) is 9.72. The van der Waals surface area contributed by atoms with E-state index in [1.165, 1.54) is 6.33 Å². The first kappa shape index (κ1) is 19.0. The fourth-order valence-corrected chi connectivity index (χ4v) is 3.28. The second kappa shape index (κ2) is 8.02. The summed E-state index contributed by atoms with van der Waals surface area (Å²) in [6.45, 7) is 2.27. The SMILES string of the molecule is C[C@H]1Oc2ccccc2O[C@H]1C(=O)Nc1cc(OCc2ccc3c(c2)OCO3)ncn1. The third-order valence-corrected chi connectivity index (χ3v) is 4.82. The molecular formula is C22H19N3O6. The number of aromatic nitrogens is 2. The summed E-state index contributed by atoms with van der Waals surface area (Å²) in [6.07, 6.45) is 0.0444. The standard InChI is InChI=1S/C22H19N3O6/c1-13-21(31-17-5-3-2-4-16(17)30-13)22(26)25-19-9-20(24-11-23-19)27-10-14-6-7-15-18(8-14)29-12-28-15/h2-9,11,13,21H,10,12H2,1H3,(H,23,24,25,26)/t13-,21-/m1/s1. The Labute approximate surface area is 177 Å². The molecule has 0 radical (unpaired) electrons. The second-order valence-corrected chi connectivity index (χ2v) is 7.02. The maximum absolute atomic E-state index is 12.7. The molecule has 0 fully saturated rings. The first-order chi connectivity index (χ1) is 15.2. The van der Waals surface area contributed by atoms with E-state index >= 15 is 0 Å². The maximum atomic E-state index is 12.7. The summed E-state index contributed by atoms with van der Waals surface area (Å²) in [5, 5.41) is 2.73. The van der Waals surface area contributed by atoms with Crippen molar-refractivity contribution in [2.45, 2.75) is 25.7 Å². The normalized spacial score (nSPS) is 18.4. The number of anilines is 1. The molecular weight excluding hydrogens is 402 g/mol. The van der Waals surface area contributed by atoms with Gasteiger partial charge in [-0.1, -0.05) is 18.2 Å². The highest BCUT2D eigenvalue weighted by Gasteiger charge is 2.34. The van der Waals surface area contributed by atoms with Gasteiger partial charge in [-0.15, -0.1) is 0 Å². The number of fused-ring (bicyclic) bond motifs is 2. The number of carbonyl (C=O) groups excluding carboxylic acids is 1. The first-order valence-corrected chi connectivity index (χ1v) is 9.72. The van der Waals surface area contributed by atoms with E-state index in [2.05, 4.69) is 15.3 Å². The molecule has 1 amide bonds. The van der Waals surface area contributed by atoms with Crippen molar-refractivity contribution < 1.29 is 28.5 Å². The quantitative estimate of drug-likeness (QED) is 0.671. The lowest BCUT2D eigenvalue weighted by Gasteiger charge is -2.30. The third-order valence-electron chi connectivity index (χ3n) is 4.82. The summed E-state index contributed by atoms with van der Waals surface area (Å²) >= 11 is 0. The van der Waals surface area contributed by atoms with Crippen LogP contribution in [0.4, 0.5) is 5.82 Å². The predicted octanol–water partition coefficient (Wildman–Crippen LogP) is 2.95. The Balaban J connectivity index is 1.22. The average Bonchev–Trinajstić information content (AvgIpc) is 3.25. The van der Waals surface area contributed by atoms with Crippen LogP contribution in [-0.4, -0.2) is 34.9 Å². The number of nitrogens with zero attached hydrogens (tertiary/aromatic N) is 2. The van der Waals surface area contributed by atoms with Gasteiger partial charge in [0.05, 0.1) is 0 Å². The number of hydrogen-bond donors (Lipinski definition) is 1. The van der Waals surface area contributed by atoms with E-state index in [1.807, 2.05) is 30.3 Å². The second-order valence-electron chi connectivity index (χ2n) is 7.02. The highest BCUT2D eigenvalue weighted by Crippen LogP contribution is 2.34. The molecule has 0 unspecified atom stereocenters. The number of ether oxygens (including phenoxy) is 5. The van der Waals surface area contributed by atoms with E-state index in [0.717, 1.165) is 5.56 Å². The minimum absolute atomic E-state index is 0.217. The smallest absolute Gasteiger partial charge is 0.270 e. The van der Waals surface area contributed by atoms with Crippen LogP contribution in [0.25, 0.3) is 0 Å². The molecule has 0 aliphatic carbocycles. The Morgan fingerprint density at radius 2 is 1.84 bits per heavy atom. The van der Waals surface area contributed by atoms with E-state index in [0.29, 0.717) is 34.7 Å². The van der Waals surface area contributed by atoms with Gasteiger partial charge in [0.25, 0.3) is 5.91 Å². The lowest BCUT2D eigenvalue weighted by atomic mass is 10.1. The van der Waals surface area contributed by atoms with Crippen LogP contribution in [0.1, 0.15) is 12.5 Å². The van der Waals surface area contributed by atoms with E-state index in [1.54, 1.807) is 25.1 Å². The molecule has 158 valence electrons. The highest BCUT2D eigenvalue weighted by atomic mass is 16.7. The molecule has 3 aromatic rings. The molecule has 0 saturated heterocycles. The van der Waals surface area contributed by atoms with Gasteiger partial charge in [-0.05, 0) is 36.8 Å². The fourth-order valence-electron chi connectivity index (χ4n) is 3.28. The average molecular weight is 421 g/mol. The van der Waals surface area contributed by atoms with Crippen molar-refractivity contribution in [3.8, 4) is 28.9 Å². The number of carbonyl (C=O) groups is 1. The summed E-state index contributed by atoms with van der Waals surface area (Å²) in [7, 11) is 0. The molecule has 1 N–H and O–H groups in total. The van der Waals surface area contributed by atoms with Crippen LogP contribution in [0.15, 0.2) is 54.9 Å². The summed E-state index contributed by atoms with van der Waals surface area (Å²) in [5.74, 6) is 2.78. The van der Waals surface area contributed by atoms with E-state index in [9.17, 15) is 4.79 Å². The molecule has 31 heavy (non-hydrogen) atoms. The lowest BCUT2D eigenvalue weighted by molar-refractivity contribution is -0.128. The summed E-state index contributed by atoms with van der Waals surface area (Å²) in [4.78, 5) is 20.9. The van der Waals surface area contributed by atoms with Gasteiger partial charge >= 0.3 is 0 Å². The van der Waals surface area contributed by atoms with Gasteiger partial charge in [0, 0.05) is 6.07 Å². The summed E-state index contributed by atoms with van der Waals surface area (Å²) in [5.41, 5.74) is 0.897. The Kier molecular flexibility index (Phi) is 4.91. The van der Waals surface area contributed by atoms with Gasteiger partial charge in [-0.2, -0.15) is 0 Å². The van der Waals surface area contributed by atoms with Crippen molar-refractivity contribution in [1.82, 2.24) is 9.97 Å². The molecule has 5 rings (SSSR count). The minimum Gasteiger partial charge on any atom is -0.482 e. The number of hydrogen-bond acceptors (Lipinski definition) is 8. The van der Waals surface area contributed by atoms with Crippen molar-refractivity contribution in [3.05, 3.63) is 60.4 Å². The van der Waals surface area contributed by atoms with Crippen molar-refractivity contribution in [2.75, 3.05) is 12.1 Å². The molecule has 1 aromatic heterocycles. The summed E-state index contributed by atoms with van der Waals surface area (Å²) < 4.78 is 28.0. The third kappa shape index (κ3) is 4.02. The molecule has 2 aliphatic rings. The zero-order valence-corrected chi connectivity index (χ0v) is 16.6. The van der Waals surface area contributed by atoms with Gasteiger partial charge < -0.3 is 29.0 Å². The molecule has 2 atom stereocenters. The Hall–Kier alpha value is -4.01. The van der Waals surface area contributed by atoms with Crippen LogP contribution in [0.5, 0.6) is 28.9 Å². The van der Waals surface area contributed by atoms with Crippen molar-refractivity contribution in [3.63, 3.8) is 0 Å². The van der Waals surface area contributed by atoms with Crippen LogP contribution in [0, 0.1) is 0 Å². The molecule has 2 aliphatic heterocycles. The van der Waals surface area contributed by atoms with Crippen LogP contribution >= 0.6 is 0 Å². The van der Waals surface area contributed by atoms with Gasteiger partial charge in [0.1, 0.15) is 24.9 Å². The van der Waals surface area contributed by atoms with Crippen LogP contribution in [-0.2, 0) is 11.4 Å². The fraction of sp³-hybridized carbons (Fsp3) is 0.227. The number of benzene rings is 2. The molecule has 9 heteroatoms. The summed E-state index contributed by atoms with van der Waals surface area (Å²) in [6, 6.07) is 14.3. The molecule has 3 heterocycles. The molecule has 0 saturated carbocycles.